The van der Waals surface area contributed by atoms with Gasteiger partial charge in [-0.1, -0.05) is 32.1 Å². The fourth-order valence-corrected chi connectivity index (χ4v) is 2.93. The molecule has 0 aromatic carbocycles. The van der Waals surface area contributed by atoms with Gasteiger partial charge in [0.25, 0.3) is 10.1 Å². The first kappa shape index (κ1) is 13.0. The Bertz CT molecular complexity index is 260. The molecule has 0 aliphatic heterocycles. The SMILES string of the molecule is C1CCC2(CC1)CCCC2.CS(=O)(=O)O. The summed E-state index contributed by atoms with van der Waals surface area (Å²) >= 11 is 0. The van der Waals surface area contributed by atoms with Gasteiger partial charge in [-0.25, -0.2) is 0 Å². The smallest absolute Gasteiger partial charge is 0.261 e. The minimum Gasteiger partial charge on any atom is -0.286 e. The van der Waals surface area contributed by atoms with E-state index in [9.17, 15) is 8.42 Å². The minimum absolute atomic E-state index is 0.715. The maximum Gasteiger partial charge on any atom is 0.261 e. The second kappa shape index (κ2) is 5.30. The van der Waals surface area contributed by atoms with Gasteiger partial charge in [0.05, 0.1) is 6.26 Å². The topological polar surface area (TPSA) is 54.4 Å². The third kappa shape index (κ3) is 5.52. The molecule has 4 heteroatoms. The number of hydrogen-bond donors (Lipinski definition) is 1. The lowest BCUT2D eigenvalue weighted by atomic mass is 9.73. The highest BCUT2D eigenvalue weighted by atomic mass is 32.2. The first-order chi connectivity index (χ1) is 6.91. The Balaban J connectivity index is 0.000000195. The summed E-state index contributed by atoms with van der Waals surface area (Å²) in [5.74, 6) is 0. The summed E-state index contributed by atoms with van der Waals surface area (Å²) in [6, 6.07) is 0. The van der Waals surface area contributed by atoms with E-state index >= 15 is 0 Å². The second-order valence-electron chi connectivity index (χ2n) is 5.00. The molecule has 0 saturated heterocycles. The molecule has 2 fully saturated rings. The summed E-state index contributed by atoms with van der Waals surface area (Å²) in [6.07, 6.45) is 14.6. The highest BCUT2D eigenvalue weighted by Gasteiger charge is 2.34. The summed E-state index contributed by atoms with van der Waals surface area (Å²) in [4.78, 5) is 0. The Hall–Kier alpha value is -0.0900. The van der Waals surface area contributed by atoms with Crippen molar-refractivity contribution in [3.63, 3.8) is 0 Å². The number of rotatable bonds is 0. The molecule has 1 N–H and O–H groups in total. The van der Waals surface area contributed by atoms with Gasteiger partial charge < -0.3 is 0 Å². The summed E-state index contributed by atoms with van der Waals surface area (Å²) in [6.45, 7) is 0. The summed E-state index contributed by atoms with van der Waals surface area (Å²) in [5, 5.41) is 0. The van der Waals surface area contributed by atoms with Crippen LogP contribution in [0.1, 0.15) is 57.8 Å². The zero-order chi connectivity index (χ0) is 11.4. The molecule has 2 aliphatic carbocycles. The third-order valence-electron chi connectivity index (χ3n) is 3.58. The predicted octanol–water partition coefficient (Wildman–Crippen LogP) is 3.01. The molecular weight excluding hydrogens is 212 g/mol. The molecule has 2 aliphatic rings. The van der Waals surface area contributed by atoms with Gasteiger partial charge in [0, 0.05) is 0 Å². The monoisotopic (exact) mass is 234 g/mol. The number of hydrogen-bond acceptors (Lipinski definition) is 2. The van der Waals surface area contributed by atoms with Crippen LogP contribution < -0.4 is 0 Å². The van der Waals surface area contributed by atoms with Gasteiger partial charge >= 0.3 is 0 Å². The van der Waals surface area contributed by atoms with Crippen molar-refractivity contribution in [2.75, 3.05) is 6.26 Å². The largest absolute Gasteiger partial charge is 0.286 e. The first-order valence-electron chi connectivity index (χ1n) is 5.84. The van der Waals surface area contributed by atoms with E-state index in [0.717, 1.165) is 5.41 Å². The van der Waals surface area contributed by atoms with Crippen LogP contribution in [0.2, 0.25) is 0 Å². The lowest BCUT2D eigenvalue weighted by Gasteiger charge is -2.32. The van der Waals surface area contributed by atoms with Gasteiger partial charge in [0.1, 0.15) is 0 Å². The van der Waals surface area contributed by atoms with Crippen molar-refractivity contribution < 1.29 is 13.0 Å². The molecule has 90 valence electrons. The van der Waals surface area contributed by atoms with Gasteiger partial charge in [-0.15, -0.1) is 0 Å². The molecule has 0 aromatic rings. The van der Waals surface area contributed by atoms with Crippen LogP contribution in [0.3, 0.4) is 0 Å². The molecule has 0 heterocycles. The van der Waals surface area contributed by atoms with E-state index in [2.05, 4.69) is 0 Å². The van der Waals surface area contributed by atoms with Gasteiger partial charge in [-0.3, -0.25) is 4.55 Å². The van der Waals surface area contributed by atoms with Crippen LogP contribution in [0.25, 0.3) is 0 Å². The molecule has 0 amide bonds. The second-order valence-corrected chi connectivity index (χ2v) is 6.47. The van der Waals surface area contributed by atoms with Crippen LogP contribution in [0, 0.1) is 5.41 Å². The van der Waals surface area contributed by atoms with Crippen molar-refractivity contribution in [2.45, 2.75) is 57.8 Å². The normalized spacial score (nSPS) is 24.7. The molecule has 15 heavy (non-hydrogen) atoms. The summed E-state index contributed by atoms with van der Waals surface area (Å²) in [7, 11) is -3.67. The molecule has 0 radical (unpaired) electrons. The fraction of sp³-hybridized carbons (Fsp3) is 1.00. The average Bonchev–Trinajstić information content (AvgIpc) is 2.52. The van der Waals surface area contributed by atoms with Crippen LogP contribution in [0.5, 0.6) is 0 Å². The van der Waals surface area contributed by atoms with E-state index in [1.807, 2.05) is 0 Å². The van der Waals surface area contributed by atoms with E-state index in [4.69, 9.17) is 4.55 Å². The minimum atomic E-state index is -3.67. The van der Waals surface area contributed by atoms with Crippen molar-refractivity contribution in [3.05, 3.63) is 0 Å². The molecule has 0 aromatic heterocycles. The molecule has 2 rings (SSSR count). The van der Waals surface area contributed by atoms with Crippen LogP contribution in [-0.4, -0.2) is 19.2 Å². The molecule has 0 unspecified atom stereocenters. The Morgan fingerprint density at radius 3 is 1.47 bits per heavy atom. The lowest BCUT2D eigenvalue weighted by molar-refractivity contribution is 0.197. The first-order valence-corrected chi connectivity index (χ1v) is 7.69. The predicted molar refractivity (Wildman–Crippen MR) is 61.5 cm³/mol. The summed E-state index contributed by atoms with van der Waals surface area (Å²) in [5.41, 5.74) is 0.873. The molecule has 2 saturated carbocycles. The van der Waals surface area contributed by atoms with Crippen molar-refractivity contribution in [1.82, 2.24) is 0 Å². The maximum absolute atomic E-state index is 9.19. The van der Waals surface area contributed by atoms with Crippen LogP contribution in [-0.2, 0) is 10.1 Å². The zero-order valence-electron chi connectivity index (χ0n) is 9.54. The Morgan fingerprint density at radius 1 is 0.867 bits per heavy atom. The maximum atomic E-state index is 9.19. The van der Waals surface area contributed by atoms with Gasteiger partial charge in [0.15, 0.2) is 0 Å². The molecule has 3 nitrogen and oxygen atoms in total. The lowest BCUT2D eigenvalue weighted by Crippen LogP contribution is -2.19. The average molecular weight is 234 g/mol. The van der Waals surface area contributed by atoms with Crippen molar-refractivity contribution in [1.29, 1.82) is 0 Å². The fourth-order valence-electron chi connectivity index (χ4n) is 2.93. The van der Waals surface area contributed by atoms with Gasteiger partial charge in [0.2, 0.25) is 0 Å². The molecule has 0 atom stereocenters. The zero-order valence-corrected chi connectivity index (χ0v) is 10.4. The third-order valence-corrected chi connectivity index (χ3v) is 3.58. The Labute approximate surface area is 93.0 Å². The molecular formula is C11H22O3S. The Kier molecular flexibility index (Phi) is 4.59. The van der Waals surface area contributed by atoms with Crippen LogP contribution in [0.4, 0.5) is 0 Å². The van der Waals surface area contributed by atoms with E-state index < -0.39 is 10.1 Å². The van der Waals surface area contributed by atoms with E-state index in [-0.39, 0.29) is 0 Å². The molecule has 1 spiro atoms. The van der Waals surface area contributed by atoms with Gasteiger partial charge in [-0.05, 0) is 31.1 Å². The summed E-state index contributed by atoms with van der Waals surface area (Å²) < 4.78 is 25.9. The quantitative estimate of drug-likeness (QED) is 0.655. The van der Waals surface area contributed by atoms with Crippen LogP contribution in [0.15, 0.2) is 0 Å². The van der Waals surface area contributed by atoms with Crippen molar-refractivity contribution in [2.24, 2.45) is 5.41 Å². The van der Waals surface area contributed by atoms with Crippen molar-refractivity contribution in [3.8, 4) is 0 Å². The van der Waals surface area contributed by atoms with E-state index in [0.29, 0.717) is 6.26 Å². The highest BCUT2D eigenvalue weighted by molar-refractivity contribution is 7.85. The molecule has 0 bridgehead atoms. The van der Waals surface area contributed by atoms with E-state index in [1.54, 1.807) is 25.7 Å². The standard InChI is InChI=1S/C10H18.CH4O3S/c1-2-6-10(7-3-1)8-4-5-9-10;1-5(2,3)4/h1-9H2;1H3,(H,2,3,4). The van der Waals surface area contributed by atoms with E-state index in [1.165, 1.54) is 32.1 Å². The Morgan fingerprint density at radius 2 is 1.13 bits per heavy atom. The van der Waals surface area contributed by atoms with Crippen LogP contribution >= 0.6 is 0 Å². The van der Waals surface area contributed by atoms with Gasteiger partial charge in [-0.2, -0.15) is 8.42 Å². The highest BCUT2D eigenvalue weighted by Crippen LogP contribution is 2.48. The van der Waals surface area contributed by atoms with Crippen molar-refractivity contribution >= 4 is 10.1 Å².